The third-order valence-electron chi connectivity index (χ3n) is 5.33. The summed E-state index contributed by atoms with van der Waals surface area (Å²) in [5, 5.41) is 9.52. The molecule has 3 N–H and O–H groups in total. The van der Waals surface area contributed by atoms with Crippen LogP contribution in [0.1, 0.15) is 22.5 Å². The summed E-state index contributed by atoms with van der Waals surface area (Å²) >= 11 is 0. The van der Waals surface area contributed by atoms with Crippen LogP contribution in [0.5, 0.6) is 0 Å². The van der Waals surface area contributed by atoms with E-state index in [0.29, 0.717) is 6.42 Å². The van der Waals surface area contributed by atoms with Crippen molar-refractivity contribution in [2.75, 3.05) is 6.61 Å². The summed E-state index contributed by atoms with van der Waals surface area (Å²) in [7, 11) is 0. The summed E-state index contributed by atoms with van der Waals surface area (Å²) in [6.45, 7) is -0.0815. The van der Waals surface area contributed by atoms with E-state index in [0.717, 1.165) is 22.5 Å². The van der Waals surface area contributed by atoms with Crippen molar-refractivity contribution < 1.29 is 5.11 Å². The van der Waals surface area contributed by atoms with Gasteiger partial charge in [0.15, 0.2) is 0 Å². The Morgan fingerprint density at radius 1 is 0.800 bits per heavy atom. The maximum absolute atomic E-state index is 9.52. The maximum atomic E-state index is 9.52. The number of rotatable bonds is 7. The predicted octanol–water partition coefficient (Wildman–Crippen LogP) is 4.01. The average Bonchev–Trinajstić information content (AvgIpc) is 3.25. The molecule has 0 fully saturated rings. The number of imidazole rings is 1. The van der Waals surface area contributed by atoms with Crippen molar-refractivity contribution in [1.29, 1.82) is 0 Å². The fraction of sp³-hybridized carbons (Fsp3) is 0.160. The normalized spacial score (nSPS) is 12.2. The maximum Gasteiger partial charge on any atom is 0.121 e. The zero-order valence-corrected chi connectivity index (χ0v) is 17.5. The van der Waals surface area contributed by atoms with E-state index in [9.17, 15) is 5.11 Å². The van der Waals surface area contributed by atoms with Gasteiger partial charge in [0.1, 0.15) is 11.4 Å². The molecule has 0 saturated carbocycles. The number of hydrogen-bond acceptors (Lipinski definition) is 3. The number of aliphatic hydroxyl groups excluding tert-OH is 1. The lowest BCUT2D eigenvalue weighted by molar-refractivity contribution is 0.262. The highest BCUT2D eigenvalue weighted by molar-refractivity contribution is 5.85. The van der Waals surface area contributed by atoms with Crippen LogP contribution in [0.3, 0.4) is 0 Å². The molecule has 1 atom stereocenters. The number of nitrogens with two attached hydrogens (primary N) is 1. The molecule has 4 nitrogen and oxygen atoms in total. The quantitative estimate of drug-likeness (QED) is 0.445. The Labute approximate surface area is 183 Å². The van der Waals surface area contributed by atoms with Gasteiger partial charge in [-0.2, -0.15) is 0 Å². The molecule has 4 rings (SSSR count). The van der Waals surface area contributed by atoms with Crippen LogP contribution in [0.15, 0.2) is 103 Å². The second kappa shape index (κ2) is 9.72. The topological polar surface area (TPSA) is 64.1 Å². The van der Waals surface area contributed by atoms with Crippen molar-refractivity contribution in [2.45, 2.75) is 18.0 Å². The molecule has 0 amide bonds. The van der Waals surface area contributed by atoms with Crippen molar-refractivity contribution in [3.8, 4) is 0 Å². The van der Waals surface area contributed by atoms with E-state index < -0.39 is 5.54 Å². The highest BCUT2D eigenvalue weighted by atomic mass is 35.5. The van der Waals surface area contributed by atoms with Crippen LogP contribution in [0.4, 0.5) is 0 Å². The summed E-state index contributed by atoms with van der Waals surface area (Å²) in [5.74, 6) is 0.836. The van der Waals surface area contributed by atoms with Crippen LogP contribution in [0.2, 0.25) is 0 Å². The molecule has 0 bridgehead atoms. The SMILES string of the molecule is Cl.NC(CO)Cc1nccn1C(c1ccccc1)(c1ccccc1)c1ccccc1. The van der Waals surface area contributed by atoms with Gasteiger partial charge in [-0.15, -0.1) is 12.4 Å². The van der Waals surface area contributed by atoms with Gasteiger partial charge in [-0.05, 0) is 16.7 Å². The molecular weight excluding hydrogens is 394 g/mol. The van der Waals surface area contributed by atoms with Crippen molar-refractivity contribution >= 4 is 12.4 Å². The molecule has 1 heterocycles. The lowest BCUT2D eigenvalue weighted by Gasteiger charge is -2.38. The molecule has 0 saturated heterocycles. The number of aromatic nitrogens is 2. The molecule has 0 aliphatic carbocycles. The molecule has 0 spiro atoms. The minimum absolute atomic E-state index is 0. The lowest BCUT2D eigenvalue weighted by Crippen LogP contribution is -2.40. The first kappa shape index (κ1) is 21.8. The molecule has 0 aliphatic heterocycles. The van der Waals surface area contributed by atoms with Crippen LogP contribution in [-0.4, -0.2) is 27.3 Å². The van der Waals surface area contributed by atoms with E-state index in [1.54, 1.807) is 0 Å². The first-order chi connectivity index (χ1) is 14.3. The zero-order valence-electron chi connectivity index (χ0n) is 16.6. The van der Waals surface area contributed by atoms with Gasteiger partial charge in [-0.25, -0.2) is 4.98 Å². The number of hydrogen-bond donors (Lipinski definition) is 2. The molecule has 1 aromatic heterocycles. The van der Waals surface area contributed by atoms with Crippen molar-refractivity contribution in [3.63, 3.8) is 0 Å². The second-order valence-corrected chi connectivity index (χ2v) is 7.17. The predicted molar refractivity (Wildman–Crippen MR) is 123 cm³/mol. The summed E-state index contributed by atoms with van der Waals surface area (Å²) in [6.07, 6.45) is 4.30. The standard InChI is InChI=1S/C25H25N3O.ClH/c26-23(19-29)18-24-27-16-17-28(24)25(20-10-4-1-5-11-20,21-12-6-2-7-13-21)22-14-8-3-9-15-22;/h1-17,23,29H,18-19,26H2;1H. The van der Waals surface area contributed by atoms with Gasteiger partial charge in [-0.3, -0.25) is 0 Å². The smallest absolute Gasteiger partial charge is 0.121 e. The van der Waals surface area contributed by atoms with E-state index in [2.05, 4.69) is 82.3 Å². The number of aliphatic hydroxyl groups is 1. The monoisotopic (exact) mass is 419 g/mol. The number of benzene rings is 3. The molecule has 4 aromatic rings. The Kier molecular flexibility index (Phi) is 7.06. The van der Waals surface area contributed by atoms with Crippen LogP contribution in [-0.2, 0) is 12.0 Å². The number of halogens is 1. The van der Waals surface area contributed by atoms with Gasteiger partial charge in [0.2, 0.25) is 0 Å². The molecule has 0 aliphatic rings. The Balaban J connectivity index is 0.00000256. The summed E-state index contributed by atoms with van der Waals surface area (Å²) in [6, 6.07) is 31.0. The third-order valence-corrected chi connectivity index (χ3v) is 5.33. The van der Waals surface area contributed by atoms with Crippen LogP contribution in [0, 0.1) is 0 Å². The Bertz CT molecular complexity index is 939. The Morgan fingerprint density at radius 3 is 1.63 bits per heavy atom. The Morgan fingerprint density at radius 2 is 1.23 bits per heavy atom. The fourth-order valence-electron chi connectivity index (χ4n) is 4.05. The van der Waals surface area contributed by atoms with Crippen LogP contribution >= 0.6 is 12.4 Å². The Hall–Kier alpha value is -2.92. The van der Waals surface area contributed by atoms with E-state index in [4.69, 9.17) is 5.73 Å². The van der Waals surface area contributed by atoms with Crippen molar-refractivity contribution in [3.05, 3.63) is 126 Å². The first-order valence-electron chi connectivity index (χ1n) is 9.82. The van der Waals surface area contributed by atoms with Gasteiger partial charge in [-0.1, -0.05) is 91.0 Å². The van der Waals surface area contributed by atoms with Crippen LogP contribution in [0.25, 0.3) is 0 Å². The molecule has 3 aromatic carbocycles. The molecule has 1 unspecified atom stereocenters. The third kappa shape index (κ3) is 3.90. The summed E-state index contributed by atoms with van der Waals surface area (Å²) < 4.78 is 2.20. The molecule has 154 valence electrons. The molecule has 5 heteroatoms. The van der Waals surface area contributed by atoms with Gasteiger partial charge in [0, 0.05) is 24.9 Å². The van der Waals surface area contributed by atoms with Crippen LogP contribution < -0.4 is 5.73 Å². The zero-order chi connectivity index (χ0) is 20.1. The molecular formula is C25H26ClN3O. The van der Waals surface area contributed by atoms with E-state index in [-0.39, 0.29) is 25.1 Å². The van der Waals surface area contributed by atoms with Crippen molar-refractivity contribution in [2.24, 2.45) is 5.73 Å². The molecule has 0 radical (unpaired) electrons. The lowest BCUT2D eigenvalue weighted by atomic mass is 9.76. The van der Waals surface area contributed by atoms with Gasteiger partial charge >= 0.3 is 0 Å². The number of nitrogens with zero attached hydrogens (tertiary/aromatic N) is 2. The summed E-state index contributed by atoms with van der Waals surface area (Å²) in [5.41, 5.74) is 8.88. The van der Waals surface area contributed by atoms with Gasteiger partial charge in [0.05, 0.1) is 6.61 Å². The highest BCUT2D eigenvalue weighted by Gasteiger charge is 2.39. The largest absolute Gasteiger partial charge is 0.395 e. The average molecular weight is 420 g/mol. The minimum atomic E-state index is -0.606. The van der Waals surface area contributed by atoms with E-state index >= 15 is 0 Å². The van der Waals surface area contributed by atoms with Gasteiger partial charge < -0.3 is 15.4 Å². The molecule has 30 heavy (non-hydrogen) atoms. The minimum Gasteiger partial charge on any atom is -0.395 e. The van der Waals surface area contributed by atoms with Gasteiger partial charge in [0.25, 0.3) is 0 Å². The second-order valence-electron chi connectivity index (χ2n) is 7.17. The first-order valence-corrected chi connectivity index (χ1v) is 9.82. The van der Waals surface area contributed by atoms with E-state index in [1.807, 2.05) is 30.6 Å². The summed E-state index contributed by atoms with van der Waals surface area (Å²) in [4.78, 5) is 4.62. The fourth-order valence-corrected chi connectivity index (χ4v) is 4.05. The van der Waals surface area contributed by atoms with E-state index in [1.165, 1.54) is 0 Å². The van der Waals surface area contributed by atoms with Crippen molar-refractivity contribution in [1.82, 2.24) is 9.55 Å². The highest BCUT2D eigenvalue weighted by Crippen LogP contribution is 2.41.